The molecule has 0 aliphatic heterocycles. The van der Waals surface area contributed by atoms with E-state index in [0.717, 1.165) is 0 Å². The maximum absolute atomic E-state index is 9.63. The molecule has 0 bridgehead atoms. The molecule has 3 nitrogen and oxygen atoms in total. The van der Waals surface area contributed by atoms with Gasteiger partial charge in [0, 0.05) is 18.0 Å². The third-order valence-corrected chi connectivity index (χ3v) is 2.31. The van der Waals surface area contributed by atoms with Crippen LogP contribution in [0.2, 0.25) is 5.02 Å². The standard InChI is InChI=1S/C12H9ClN2O.2ClH.Ti/c13-10-5-3-4-9(12(10)16)8-15-11-6-1-2-7-14-11;;;/h1-8,16H;2*1H;/q;;;+2/p-2/b15-8+;;;. The van der Waals surface area contributed by atoms with Crippen LogP contribution in [-0.4, -0.2) is 16.3 Å². The molecule has 2 rings (SSSR count). The van der Waals surface area contributed by atoms with Crippen molar-refractivity contribution >= 4 is 42.2 Å². The number of nitrogens with zero attached hydrogens (tertiary/aromatic N) is 2. The number of phenolic OH excluding ortho intramolecular Hbond substituents is 1. The van der Waals surface area contributed by atoms with Crippen LogP contribution in [0.25, 0.3) is 0 Å². The molecule has 19 heavy (non-hydrogen) atoms. The molecule has 0 unspecified atom stereocenters. The SMILES string of the molecule is Oc1c(Cl)cccc1/C=N/c1ccccn1.[Cl][Ti][Cl]. The van der Waals surface area contributed by atoms with Gasteiger partial charge in [-0.25, -0.2) is 9.98 Å². The third kappa shape index (κ3) is 5.94. The molecule has 0 fully saturated rings. The van der Waals surface area contributed by atoms with Gasteiger partial charge in [0.25, 0.3) is 0 Å². The zero-order valence-corrected chi connectivity index (χ0v) is 13.4. The monoisotopic (exact) mass is 350 g/mol. The van der Waals surface area contributed by atoms with E-state index >= 15 is 0 Å². The Kier molecular flexibility index (Phi) is 8.11. The molecule has 1 N–H and O–H groups in total. The van der Waals surface area contributed by atoms with Crippen LogP contribution in [0.3, 0.4) is 0 Å². The summed E-state index contributed by atoms with van der Waals surface area (Å²) in [6.45, 7) is 0. The molecule has 0 amide bonds. The second kappa shape index (κ2) is 9.35. The van der Waals surface area contributed by atoms with Crippen LogP contribution < -0.4 is 0 Å². The molecule has 1 aromatic carbocycles. The number of hydrogen-bond acceptors (Lipinski definition) is 3. The molecule has 0 atom stereocenters. The van der Waals surface area contributed by atoms with Crippen molar-refractivity contribution in [1.29, 1.82) is 0 Å². The number of pyridine rings is 1. The van der Waals surface area contributed by atoms with E-state index in [1.54, 1.807) is 30.5 Å². The Bertz CT molecular complexity index is 538. The fourth-order valence-electron chi connectivity index (χ4n) is 1.20. The molecule has 0 aliphatic rings. The predicted molar refractivity (Wildman–Crippen MR) is 76.3 cm³/mol. The van der Waals surface area contributed by atoms with Crippen molar-refractivity contribution in [3.63, 3.8) is 0 Å². The number of aromatic nitrogens is 1. The number of aromatic hydroxyl groups is 1. The summed E-state index contributed by atoms with van der Waals surface area (Å²) in [5, 5.41) is 9.94. The average Bonchev–Trinajstić information content (AvgIpc) is 2.43. The van der Waals surface area contributed by atoms with Gasteiger partial charge in [-0.05, 0) is 24.3 Å². The molecule has 98 valence electrons. The van der Waals surface area contributed by atoms with Gasteiger partial charge in [-0.2, -0.15) is 0 Å². The first-order valence-electron chi connectivity index (χ1n) is 5.08. The van der Waals surface area contributed by atoms with Crippen molar-refractivity contribution < 1.29 is 22.1 Å². The summed E-state index contributed by atoms with van der Waals surface area (Å²) in [4.78, 5) is 8.16. The second-order valence-electron chi connectivity index (χ2n) is 3.20. The van der Waals surface area contributed by atoms with Crippen LogP contribution in [0.4, 0.5) is 5.82 Å². The summed E-state index contributed by atoms with van der Waals surface area (Å²) in [7, 11) is 9.78. The van der Waals surface area contributed by atoms with Gasteiger partial charge >= 0.3 is 35.6 Å². The van der Waals surface area contributed by atoms with Gasteiger partial charge in [-0.15, -0.1) is 0 Å². The quantitative estimate of drug-likeness (QED) is 0.636. The molecule has 1 heterocycles. The summed E-state index contributed by atoms with van der Waals surface area (Å²) in [5.41, 5.74) is 0.568. The third-order valence-electron chi connectivity index (χ3n) is 2.00. The van der Waals surface area contributed by atoms with E-state index in [1.807, 2.05) is 12.1 Å². The van der Waals surface area contributed by atoms with Crippen LogP contribution in [0.1, 0.15) is 5.56 Å². The number of para-hydroxylation sites is 1. The van der Waals surface area contributed by atoms with E-state index in [4.69, 9.17) is 30.2 Å². The fourth-order valence-corrected chi connectivity index (χ4v) is 1.38. The first-order chi connectivity index (χ1) is 9.19. The van der Waals surface area contributed by atoms with Crippen molar-refractivity contribution in [1.82, 2.24) is 4.98 Å². The number of aliphatic imine (C=N–C) groups is 1. The number of hydrogen-bond donors (Lipinski definition) is 1. The summed E-state index contributed by atoms with van der Waals surface area (Å²) in [5.74, 6) is 0.616. The van der Waals surface area contributed by atoms with Gasteiger partial charge in [0.2, 0.25) is 0 Å². The van der Waals surface area contributed by atoms with Gasteiger partial charge in [-0.3, -0.25) is 0 Å². The predicted octanol–water partition coefficient (Wildman–Crippen LogP) is 4.57. The molecule has 0 aliphatic carbocycles. The van der Waals surface area contributed by atoms with Gasteiger partial charge in [0.05, 0.1) is 5.02 Å². The van der Waals surface area contributed by atoms with Crippen LogP contribution >= 0.6 is 30.2 Å². The number of rotatable bonds is 2. The van der Waals surface area contributed by atoms with Gasteiger partial charge in [0.15, 0.2) is 5.82 Å². The van der Waals surface area contributed by atoms with E-state index in [9.17, 15) is 5.11 Å². The Balaban J connectivity index is 0.000000550. The average molecular weight is 351 g/mol. The van der Waals surface area contributed by atoms with E-state index < -0.39 is 17.0 Å². The summed E-state index contributed by atoms with van der Waals surface area (Å²) in [6.07, 6.45) is 3.19. The Morgan fingerprint density at radius 2 is 1.89 bits per heavy atom. The van der Waals surface area contributed by atoms with Gasteiger partial charge in [-0.1, -0.05) is 23.7 Å². The number of halogens is 3. The summed E-state index contributed by atoms with van der Waals surface area (Å²) >= 11 is 5.21. The Morgan fingerprint density at radius 3 is 2.53 bits per heavy atom. The minimum absolute atomic E-state index is 0.0313. The topological polar surface area (TPSA) is 45.5 Å². The van der Waals surface area contributed by atoms with Crippen molar-refractivity contribution in [2.24, 2.45) is 4.99 Å². The normalized spacial score (nSPS) is 9.84. The summed E-state index contributed by atoms with van der Waals surface area (Å²) < 4.78 is 0. The Labute approximate surface area is 132 Å². The molecular formula is C12H9Cl3N2OTi. The molecule has 0 radical (unpaired) electrons. The first kappa shape index (κ1) is 16.5. The number of phenols is 1. The summed E-state index contributed by atoms with van der Waals surface area (Å²) in [6, 6.07) is 10.5. The van der Waals surface area contributed by atoms with Crippen molar-refractivity contribution in [3.05, 3.63) is 53.2 Å². The van der Waals surface area contributed by atoms with E-state index in [-0.39, 0.29) is 5.75 Å². The second-order valence-corrected chi connectivity index (χ2v) is 6.18. The zero-order chi connectivity index (χ0) is 14.1. The maximum atomic E-state index is 9.63. The van der Waals surface area contributed by atoms with Gasteiger partial charge < -0.3 is 5.11 Å². The zero-order valence-electron chi connectivity index (χ0n) is 9.59. The number of benzene rings is 1. The molecule has 0 saturated heterocycles. The Hall–Kier alpha value is -0.576. The van der Waals surface area contributed by atoms with Crippen LogP contribution in [-0.2, 0) is 17.0 Å². The van der Waals surface area contributed by atoms with E-state index in [2.05, 4.69) is 9.98 Å². The van der Waals surface area contributed by atoms with Crippen LogP contribution in [0, 0.1) is 0 Å². The Morgan fingerprint density at radius 1 is 1.16 bits per heavy atom. The van der Waals surface area contributed by atoms with E-state index in [0.29, 0.717) is 16.4 Å². The minimum atomic E-state index is -0.556. The van der Waals surface area contributed by atoms with Crippen LogP contribution in [0.5, 0.6) is 5.75 Å². The molecule has 0 spiro atoms. The molecular weight excluding hydrogens is 342 g/mol. The van der Waals surface area contributed by atoms with E-state index in [1.165, 1.54) is 6.21 Å². The first-order valence-corrected chi connectivity index (χ1v) is 9.75. The van der Waals surface area contributed by atoms with Gasteiger partial charge in [0.1, 0.15) is 5.75 Å². The molecule has 7 heteroatoms. The van der Waals surface area contributed by atoms with Crippen molar-refractivity contribution in [3.8, 4) is 5.75 Å². The van der Waals surface area contributed by atoms with Crippen LogP contribution in [0.15, 0.2) is 47.6 Å². The molecule has 0 saturated carbocycles. The van der Waals surface area contributed by atoms with Crippen molar-refractivity contribution in [2.45, 2.75) is 0 Å². The van der Waals surface area contributed by atoms with Crippen molar-refractivity contribution in [2.75, 3.05) is 0 Å². The molecule has 1 aromatic heterocycles. The fraction of sp³-hybridized carbons (Fsp3) is 0. The molecule has 2 aromatic rings.